The highest BCUT2D eigenvalue weighted by atomic mass is 32.2. The molecule has 1 aliphatic heterocycles. The van der Waals surface area contributed by atoms with E-state index in [1.54, 1.807) is 0 Å². The number of aliphatic hydroxyl groups is 1. The number of hydrogen-bond donors (Lipinski definition) is 3. The Kier molecular flexibility index (Phi) is 7.78. The molecule has 0 bridgehead atoms. The van der Waals surface area contributed by atoms with E-state index >= 15 is 0 Å². The predicted octanol–water partition coefficient (Wildman–Crippen LogP) is 0.202. The molecule has 1 heterocycles. The summed E-state index contributed by atoms with van der Waals surface area (Å²) in [5, 5.41) is 12.7. The summed E-state index contributed by atoms with van der Waals surface area (Å²) < 4.78 is 30.1. The zero-order valence-corrected chi connectivity index (χ0v) is 16.8. The molecule has 2 amide bonds. The number of sulfonamides is 1. The van der Waals surface area contributed by atoms with E-state index in [9.17, 15) is 23.1 Å². The summed E-state index contributed by atoms with van der Waals surface area (Å²) in [5.74, 6) is -0.449. The first-order valence-electron chi connectivity index (χ1n) is 9.10. The first kappa shape index (κ1) is 22.1. The molecule has 1 fully saturated rings. The SMILES string of the molecule is CCC(CNS(C)(=O)=O)NC(=O)[C@@H]1C[C@@H](O)CN1C(=O)OCc1ccccc1. The number of amides is 2. The third-order valence-electron chi connectivity index (χ3n) is 4.45. The predicted molar refractivity (Wildman–Crippen MR) is 103 cm³/mol. The van der Waals surface area contributed by atoms with E-state index in [0.717, 1.165) is 11.8 Å². The molecule has 1 aliphatic rings. The van der Waals surface area contributed by atoms with Crippen LogP contribution >= 0.6 is 0 Å². The van der Waals surface area contributed by atoms with Crippen LogP contribution in [0.25, 0.3) is 0 Å². The Balaban J connectivity index is 1.95. The third kappa shape index (κ3) is 6.77. The van der Waals surface area contributed by atoms with Crippen molar-refractivity contribution in [3.05, 3.63) is 35.9 Å². The Hall–Kier alpha value is -2.17. The molecule has 1 aromatic carbocycles. The number of aliphatic hydroxyl groups excluding tert-OH is 1. The molecule has 156 valence electrons. The fourth-order valence-electron chi connectivity index (χ4n) is 2.91. The van der Waals surface area contributed by atoms with Crippen LogP contribution in [0.5, 0.6) is 0 Å². The average Bonchev–Trinajstić information content (AvgIpc) is 3.05. The van der Waals surface area contributed by atoms with Gasteiger partial charge in [-0.1, -0.05) is 37.3 Å². The quantitative estimate of drug-likeness (QED) is 0.559. The van der Waals surface area contributed by atoms with Crippen LogP contribution in [0.1, 0.15) is 25.3 Å². The summed E-state index contributed by atoms with van der Waals surface area (Å²) in [6.45, 7) is 1.93. The Morgan fingerprint density at radius 2 is 2.00 bits per heavy atom. The maximum Gasteiger partial charge on any atom is 0.410 e. The third-order valence-corrected chi connectivity index (χ3v) is 5.14. The number of nitrogens with one attached hydrogen (secondary N) is 2. The number of benzene rings is 1. The van der Waals surface area contributed by atoms with Crippen LogP contribution in [-0.2, 0) is 26.2 Å². The number of hydrogen-bond acceptors (Lipinski definition) is 6. The van der Waals surface area contributed by atoms with Crippen molar-refractivity contribution in [2.24, 2.45) is 0 Å². The number of ether oxygens (including phenoxy) is 1. The summed E-state index contributed by atoms with van der Waals surface area (Å²) in [5.41, 5.74) is 0.814. The molecule has 0 aromatic heterocycles. The highest BCUT2D eigenvalue weighted by Crippen LogP contribution is 2.20. The van der Waals surface area contributed by atoms with E-state index in [4.69, 9.17) is 4.74 Å². The molecule has 0 spiro atoms. The van der Waals surface area contributed by atoms with Gasteiger partial charge in [-0.05, 0) is 12.0 Å². The van der Waals surface area contributed by atoms with Crippen LogP contribution in [0.3, 0.4) is 0 Å². The number of rotatable bonds is 8. The van der Waals surface area contributed by atoms with Crippen molar-refractivity contribution in [2.45, 2.75) is 44.6 Å². The molecule has 3 N–H and O–H groups in total. The van der Waals surface area contributed by atoms with Crippen molar-refractivity contribution < 1.29 is 27.9 Å². The number of carbonyl (C=O) groups is 2. The molecule has 1 saturated heterocycles. The van der Waals surface area contributed by atoms with Crippen LogP contribution in [-0.4, -0.2) is 68.0 Å². The molecule has 9 nitrogen and oxygen atoms in total. The second-order valence-electron chi connectivity index (χ2n) is 6.83. The fourth-order valence-corrected chi connectivity index (χ4v) is 3.42. The number of nitrogens with zero attached hydrogens (tertiary/aromatic N) is 1. The van der Waals surface area contributed by atoms with Gasteiger partial charge < -0.3 is 15.2 Å². The lowest BCUT2D eigenvalue weighted by molar-refractivity contribution is -0.125. The van der Waals surface area contributed by atoms with Crippen LogP contribution in [0, 0.1) is 0 Å². The summed E-state index contributed by atoms with van der Waals surface area (Å²) in [6.07, 6.45) is 0.140. The summed E-state index contributed by atoms with van der Waals surface area (Å²) in [7, 11) is -3.38. The first-order valence-corrected chi connectivity index (χ1v) is 11.0. The second-order valence-corrected chi connectivity index (χ2v) is 8.67. The van der Waals surface area contributed by atoms with Crippen LogP contribution < -0.4 is 10.0 Å². The van der Waals surface area contributed by atoms with E-state index in [0.29, 0.717) is 6.42 Å². The second kappa shape index (κ2) is 9.85. The lowest BCUT2D eigenvalue weighted by atomic mass is 10.1. The molecule has 1 aromatic rings. The molecule has 3 atom stereocenters. The molecule has 0 aliphatic carbocycles. The van der Waals surface area contributed by atoms with Gasteiger partial charge >= 0.3 is 6.09 Å². The van der Waals surface area contributed by atoms with E-state index < -0.39 is 40.2 Å². The Labute approximate surface area is 165 Å². The van der Waals surface area contributed by atoms with Gasteiger partial charge in [0.1, 0.15) is 12.6 Å². The minimum atomic E-state index is -3.38. The van der Waals surface area contributed by atoms with Crippen LogP contribution in [0.4, 0.5) is 4.79 Å². The maximum atomic E-state index is 12.6. The minimum Gasteiger partial charge on any atom is -0.445 e. The topological polar surface area (TPSA) is 125 Å². The van der Waals surface area contributed by atoms with Crippen LogP contribution in [0.15, 0.2) is 30.3 Å². The summed E-state index contributed by atoms with van der Waals surface area (Å²) >= 11 is 0. The van der Waals surface area contributed by atoms with Crippen molar-refractivity contribution in [2.75, 3.05) is 19.3 Å². The van der Waals surface area contributed by atoms with Gasteiger partial charge in [0.05, 0.1) is 18.9 Å². The summed E-state index contributed by atoms with van der Waals surface area (Å²) in [6, 6.07) is 7.84. The lowest BCUT2D eigenvalue weighted by Crippen LogP contribution is -2.51. The molecule has 1 unspecified atom stereocenters. The van der Waals surface area contributed by atoms with Crippen molar-refractivity contribution in [3.63, 3.8) is 0 Å². The zero-order chi connectivity index (χ0) is 20.7. The zero-order valence-electron chi connectivity index (χ0n) is 16.0. The van der Waals surface area contributed by atoms with Gasteiger partial charge in [-0.25, -0.2) is 17.9 Å². The van der Waals surface area contributed by atoms with E-state index in [2.05, 4.69) is 10.0 Å². The molecular formula is C18H27N3O6S. The van der Waals surface area contributed by atoms with Crippen molar-refractivity contribution >= 4 is 22.0 Å². The molecule has 10 heteroatoms. The smallest absolute Gasteiger partial charge is 0.410 e. The van der Waals surface area contributed by atoms with Gasteiger partial charge in [0.25, 0.3) is 0 Å². The van der Waals surface area contributed by atoms with Gasteiger partial charge in [0, 0.05) is 19.0 Å². The van der Waals surface area contributed by atoms with Crippen molar-refractivity contribution in [1.29, 1.82) is 0 Å². The Bertz CT molecular complexity index is 771. The molecular weight excluding hydrogens is 386 g/mol. The largest absolute Gasteiger partial charge is 0.445 e. The van der Waals surface area contributed by atoms with E-state index in [1.165, 1.54) is 4.90 Å². The maximum absolute atomic E-state index is 12.6. The molecule has 0 radical (unpaired) electrons. The normalized spacial score (nSPS) is 20.6. The number of likely N-dealkylation sites (tertiary alicyclic amines) is 1. The van der Waals surface area contributed by atoms with E-state index in [1.807, 2.05) is 37.3 Å². The standard InChI is InChI=1S/C18H27N3O6S/c1-3-14(10-19-28(2,25)26)20-17(23)16-9-15(22)11-21(16)18(24)27-12-13-7-5-4-6-8-13/h4-8,14-16,19,22H,3,9-12H2,1-2H3,(H,20,23)/t14?,15-,16+/m1/s1. The van der Waals surface area contributed by atoms with Gasteiger partial charge in [0.2, 0.25) is 15.9 Å². The Morgan fingerprint density at radius 1 is 1.32 bits per heavy atom. The average molecular weight is 413 g/mol. The van der Waals surface area contributed by atoms with Crippen molar-refractivity contribution in [3.8, 4) is 0 Å². The number of β-amino-alcohol motifs (C(OH)–C–C–N with tert-alkyl or cyclic N) is 1. The minimum absolute atomic E-state index is 0.00406. The number of carbonyl (C=O) groups excluding carboxylic acids is 2. The summed E-state index contributed by atoms with van der Waals surface area (Å²) in [4.78, 5) is 26.2. The fraction of sp³-hybridized carbons (Fsp3) is 0.556. The van der Waals surface area contributed by atoms with Gasteiger partial charge in [-0.15, -0.1) is 0 Å². The Morgan fingerprint density at radius 3 is 2.61 bits per heavy atom. The molecule has 2 rings (SSSR count). The lowest BCUT2D eigenvalue weighted by Gasteiger charge is -2.25. The van der Waals surface area contributed by atoms with Gasteiger partial charge in [-0.2, -0.15) is 0 Å². The highest BCUT2D eigenvalue weighted by Gasteiger charge is 2.40. The van der Waals surface area contributed by atoms with E-state index in [-0.39, 0.29) is 26.1 Å². The molecule has 28 heavy (non-hydrogen) atoms. The highest BCUT2D eigenvalue weighted by molar-refractivity contribution is 7.88. The monoisotopic (exact) mass is 413 g/mol. The van der Waals surface area contributed by atoms with Gasteiger partial charge in [0.15, 0.2) is 0 Å². The van der Waals surface area contributed by atoms with Crippen LogP contribution in [0.2, 0.25) is 0 Å². The van der Waals surface area contributed by atoms with Gasteiger partial charge in [-0.3, -0.25) is 9.69 Å². The molecule has 0 saturated carbocycles. The first-order chi connectivity index (χ1) is 13.2. The van der Waals surface area contributed by atoms with Crippen molar-refractivity contribution in [1.82, 2.24) is 14.9 Å².